The molecule has 3 unspecified atom stereocenters. The lowest BCUT2D eigenvalue weighted by Gasteiger charge is -2.31. The van der Waals surface area contributed by atoms with Gasteiger partial charge in [0.2, 0.25) is 0 Å². The van der Waals surface area contributed by atoms with Crippen LogP contribution in [0.4, 0.5) is 0 Å². The molecule has 2 aliphatic carbocycles. The molecule has 0 heterocycles. The quantitative estimate of drug-likeness (QED) is 0.297. The first-order valence-electron chi connectivity index (χ1n) is 10.8. The topological polar surface area (TPSA) is 56.7 Å². The van der Waals surface area contributed by atoms with E-state index in [2.05, 4.69) is 29.5 Å². The Morgan fingerprint density at radius 1 is 1.11 bits per heavy atom. The van der Waals surface area contributed by atoms with Gasteiger partial charge in [-0.3, -0.25) is 9.20 Å². The molecule has 2 aliphatic rings. The van der Waals surface area contributed by atoms with Crippen LogP contribution in [0.3, 0.4) is 0 Å². The summed E-state index contributed by atoms with van der Waals surface area (Å²) in [6.45, 7) is 6.87. The second kappa shape index (κ2) is 14.1. The molecule has 2 N–H and O–H groups in total. The molecule has 0 aromatic heterocycles. The Morgan fingerprint density at radius 3 is 2.52 bits per heavy atom. The van der Waals surface area contributed by atoms with E-state index in [9.17, 15) is 4.21 Å². The highest BCUT2D eigenvalue weighted by Gasteiger charge is 2.26. The summed E-state index contributed by atoms with van der Waals surface area (Å²) < 4.78 is 12.2. The fourth-order valence-corrected chi connectivity index (χ4v) is 5.64. The number of halogens is 1. The third-order valence-electron chi connectivity index (χ3n) is 5.89. The van der Waals surface area contributed by atoms with Gasteiger partial charge < -0.3 is 15.5 Å². The maximum Gasteiger partial charge on any atom is 0.191 e. The number of likely N-dealkylation sites (N-methyl/N-ethyl adjacent to an activating group) is 1. The van der Waals surface area contributed by atoms with Gasteiger partial charge in [-0.1, -0.05) is 32.6 Å². The van der Waals surface area contributed by atoms with Crippen molar-refractivity contribution in [1.82, 2.24) is 15.5 Å². The van der Waals surface area contributed by atoms with Crippen molar-refractivity contribution in [3.8, 4) is 0 Å². The SMILES string of the molecule is CCNC(=NCCN(C)C1CCCCC1)NC1CCCC(S(=O)CC)C1.I. The summed E-state index contributed by atoms with van der Waals surface area (Å²) in [7, 11) is 1.57. The first-order valence-corrected chi connectivity index (χ1v) is 12.1. The highest BCUT2D eigenvalue weighted by molar-refractivity contribution is 14.0. The maximum absolute atomic E-state index is 12.2. The lowest BCUT2D eigenvalue weighted by molar-refractivity contribution is 0.196. The Labute approximate surface area is 186 Å². The molecule has 0 aliphatic heterocycles. The van der Waals surface area contributed by atoms with Crippen molar-refractivity contribution in [1.29, 1.82) is 0 Å². The van der Waals surface area contributed by atoms with Crippen molar-refractivity contribution < 1.29 is 4.21 Å². The summed E-state index contributed by atoms with van der Waals surface area (Å²) in [6, 6.07) is 1.15. The second-order valence-corrected chi connectivity index (χ2v) is 9.84. The molecule has 2 rings (SSSR count). The van der Waals surface area contributed by atoms with Gasteiger partial charge >= 0.3 is 0 Å². The zero-order valence-electron chi connectivity index (χ0n) is 17.5. The van der Waals surface area contributed by atoms with E-state index in [1.54, 1.807) is 0 Å². The molecule has 0 amide bonds. The van der Waals surface area contributed by atoms with E-state index < -0.39 is 10.8 Å². The zero-order valence-corrected chi connectivity index (χ0v) is 20.7. The van der Waals surface area contributed by atoms with E-state index in [1.165, 1.54) is 32.1 Å². The number of guanidine groups is 1. The van der Waals surface area contributed by atoms with Gasteiger partial charge in [0.1, 0.15) is 0 Å². The number of rotatable bonds is 8. The molecule has 3 atom stereocenters. The fourth-order valence-electron chi connectivity index (χ4n) is 4.29. The average molecular weight is 513 g/mol. The van der Waals surface area contributed by atoms with Crippen molar-refractivity contribution in [2.45, 2.75) is 89.0 Å². The van der Waals surface area contributed by atoms with Crippen LogP contribution in [0.5, 0.6) is 0 Å². The summed E-state index contributed by atoms with van der Waals surface area (Å²) in [6.07, 6.45) is 11.3. The summed E-state index contributed by atoms with van der Waals surface area (Å²) >= 11 is 0. The van der Waals surface area contributed by atoms with Crippen LogP contribution in [-0.2, 0) is 10.8 Å². The molecule has 0 spiro atoms. The lowest BCUT2D eigenvalue weighted by atomic mass is 9.94. The molecule has 2 saturated carbocycles. The third kappa shape index (κ3) is 8.98. The van der Waals surface area contributed by atoms with Crippen LogP contribution >= 0.6 is 24.0 Å². The minimum absolute atomic E-state index is 0. The smallest absolute Gasteiger partial charge is 0.191 e. The first-order chi connectivity index (χ1) is 12.6. The zero-order chi connectivity index (χ0) is 18.8. The maximum atomic E-state index is 12.2. The van der Waals surface area contributed by atoms with Crippen LogP contribution in [0.1, 0.15) is 71.6 Å². The van der Waals surface area contributed by atoms with E-state index in [-0.39, 0.29) is 24.0 Å². The standard InChI is InChI=1S/C20H40N4OS.HI/c1-4-21-20(22-14-15-24(3)18-11-7-6-8-12-18)23-17-10-9-13-19(16-17)26(25)5-2;/h17-19H,4-16H2,1-3H3,(H2,21,22,23);1H. The highest BCUT2D eigenvalue weighted by Crippen LogP contribution is 2.23. The fraction of sp³-hybridized carbons (Fsp3) is 0.950. The number of nitrogens with zero attached hydrogens (tertiary/aromatic N) is 2. The minimum Gasteiger partial charge on any atom is -0.357 e. The Bertz CT molecular complexity index is 457. The Kier molecular flexibility index (Phi) is 13.2. The van der Waals surface area contributed by atoms with Crippen LogP contribution < -0.4 is 10.6 Å². The van der Waals surface area contributed by atoms with E-state index in [1.807, 2.05) is 6.92 Å². The van der Waals surface area contributed by atoms with Crippen LogP contribution in [0.25, 0.3) is 0 Å². The molecular formula is C20H41IN4OS. The monoisotopic (exact) mass is 512 g/mol. The molecule has 2 fully saturated rings. The third-order valence-corrected chi connectivity index (χ3v) is 7.63. The highest BCUT2D eigenvalue weighted by atomic mass is 127. The Balaban J connectivity index is 0.00000364. The summed E-state index contributed by atoms with van der Waals surface area (Å²) in [5.74, 6) is 1.71. The van der Waals surface area contributed by atoms with E-state index >= 15 is 0 Å². The molecule has 160 valence electrons. The Morgan fingerprint density at radius 2 is 1.85 bits per heavy atom. The average Bonchev–Trinajstić information content (AvgIpc) is 2.68. The lowest BCUT2D eigenvalue weighted by Crippen LogP contribution is -2.47. The van der Waals surface area contributed by atoms with Crippen molar-refractivity contribution in [2.24, 2.45) is 4.99 Å². The van der Waals surface area contributed by atoms with Crippen molar-refractivity contribution in [3.05, 3.63) is 0 Å². The second-order valence-electron chi connectivity index (χ2n) is 7.83. The van der Waals surface area contributed by atoms with E-state index in [4.69, 9.17) is 4.99 Å². The molecule has 27 heavy (non-hydrogen) atoms. The van der Waals surface area contributed by atoms with Crippen LogP contribution in [0.15, 0.2) is 4.99 Å². The number of hydrogen-bond donors (Lipinski definition) is 2. The first kappa shape index (κ1) is 25.1. The molecule has 0 bridgehead atoms. The molecular weight excluding hydrogens is 471 g/mol. The van der Waals surface area contributed by atoms with Gasteiger partial charge in [-0.15, -0.1) is 24.0 Å². The molecule has 5 nitrogen and oxygen atoms in total. The van der Waals surface area contributed by atoms with Crippen LogP contribution in [0.2, 0.25) is 0 Å². The van der Waals surface area contributed by atoms with Gasteiger partial charge in [0, 0.05) is 47.0 Å². The normalized spacial score (nSPS) is 25.7. The summed E-state index contributed by atoms with van der Waals surface area (Å²) in [5.41, 5.74) is 0. The summed E-state index contributed by atoms with van der Waals surface area (Å²) in [4.78, 5) is 7.30. The van der Waals surface area contributed by atoms with Crippen molar-refractivity contribution in [2.75, 3.05) is 32.4 Å². The Hall–Kier alpha value is 0.110. The van der Waals surface area contributed by atoms with Gasteiger partial charge in [-0.2, -0.15) is 0 Å². The van der Waals surface area contributed by atoms with Crippen LogP contribution in [-0.4, -0.2) is 64.8 Å². The van der Waals surface area contributed by atoms with Gasteiger partial charge in [0.05, 0.1) is 6.54 Å². The molecule has 7 heteroatoms. The number of hydrogen-bond acceptors (Lipinski definition) is 3. The predicted octanol–water partition coefficient (Wildman–Crippen LogP) is 3.50. The van der Waals surface area contributed by atoms with Crippen molar-refractivity contribution in [3.63, 3.8) is 0 Å². The molecule has 0 radical (unpaired) electrons. The van der Waals surface area contributed by atoms with Gasteiger partial charge in [-0.25, -0.2) is 0 Å². The van der Waals surface area contributed by atoms with Crippen LogP contribution in [0, 0.1) is 0 Å². The largest absolute Gasteiger partial charge is 0.357 e. The molecule has 0 aromatic rings. The van der Waals surface area contributed by atoms with Gasteiger partial charge in [0.25, 0.3) is 0 Å². The van der Waals surface area contributed by atoms with E-state index in [0.29, 0.717) is 11.3 Å². The summed E-state index contributed by atoms with van der Waals surface area (Å²) in [5, 5.41) is 7.34. The molecule has 0 saturated heterocycles. The number of aliphatic imine (C=N–C) groups is 1. The molecule has 0 aromatic carbocycles. The van der Waals surface area contributed by atoms with E-state index in [0.717, 1.165) is 63.1 Å². The van der Waals surface area contributed by atoms with Gasteiger partial charge in [0.15, 0.2) is 5.96 Å². The predicted molar refractivity (Wildman–Crippen MR) is 129 cm³/mol. The van der Waals surface area contributed by atoms with Crippen molar-refractivity contribution >= 4 is 40.7 Å². The van der Waals surface area contributed by atoms with Gasteiger partial charge in [-0.05, 0) is 46.1 Å². The minimum atomic E-state index is -0.674. The number of nitrogens with one attached hydrogen (secondary N) is 2.